The van der Waals surface area contributed by atoms with Crippen LogP contribution in [0, 0.1) is 0 Å². The van der Waals surface area contributed by atoms with Crippen molar-refractivity contribution < 1.29 is 4.79 Å². The average molecular weight is 417 g/mol. The van der Waals surface area contributed by atoms with Crippen LogP contribution in [0.25, 0.3) is 11.0 Å². The molecule has 0 spiro atoms. The number of likely N-dealkylation sites (tertiary alicyclic amines) is 1. The Hall–Kier alpha value is -2.08. The van der Waals surface area contributed by atoms with Crippen LogP contribution in [-0.2, 0) is 4.79 Å². The van der Waals surface area contributed by atoms with Gasteiger partial charge in [-0.2, -0.15) is 0 Å². The van der Waals surface area contributed by atoms with Crippen molar-refractivity contribution in [3.8, 4) is 0 Å². The summed E-state index contributed by atoms with van der Waals surface area (Å²) in [6.45, 7) is 1.39. The quantitative estimate of drug-likeness (QED) is 0.648. The lowest BCUT2D eigenvalue weighted by Gasteiger charge is -2.32. The summed E-state index contributed by atoms with van der Waals surface area (Å²) in [6, 6.07) is 12.8. The number of amides is 1. The first-order valence-electron chi connectivity index (χ1n) is 9.45. The third kappa shape index (κ3) is 3.88. The molecule has 1 fully saturated rings. The van der Waals surface area contributed by atoms with Gasteiger partial charge in [-0.25, -0.2) is 4.98 Å². The molecule has 5 nitrogen and oxygen atoms in total. The second kappa shape index (κ2) is 8.11. The van der Waals surface area contributed by atoms with E-state index >= 15 is 0 Å². The van der Waals surface area contributed by atoms with E-state index in [0.717, 1.165) is 36.2 Å². The fraction of sp³-hybridized carbons (Fsp3) is 0.333. The van der Waals surface area contributed by atoms with E-state index in [1.165, 1.54) is 0 Å². The Balaban J connectivity index is 1.45. The first kappa shape index (κ1) is 19.2. The van der Waals surface area contributed by atoms with E-state index in [-0.39, 0.29) is 18.2 Å². The molecule has 28 heavy (non-hydrogen) atoms. The maximum Gasteiger partial charge on any atom is 0.224 e. The van der Waals surface area contributed by atoms with Gasteiger partial charge in [-0.3, -0.25) is 4.79 Å². The summed E-state index contributed by atoms with van der Waals surface area (Å²) in [5, 5.41) is 0.869. The number of hydrogen-bond acceptors (Lipinski definition) is 3. The van der Waals surface area contributed by atoms with Crippen molar-refractivity contribution in [1.82, 2.24) is 14.9 Å². The Morgan fingerprint density at radius 2 is 2.07 bits per heavy atom. The van der Waals surface area contributed by atoms with Crippen molar-refractivity contribution in [2.24, 2.45) is 5.73 Å². The van der Waals surface area contributed by atoms with Crippen LogP contribution in [0.5, 0.6) is 0 Å². The van der Waals surface area contributed by atoms with Gasteiger partial charge in [0.15, 0.2) is 0 Å². The van der Waals surface area contributed by atoms with Gasteiger partial charge in [0.1, 0.15) is 5.82 Å². The molecule has 0 aliphatic carbocycles. The zero-order valence-electron chi connectivity index (χ0n) is 15.4. The third-order valence-corrected chi connectivity index (χ3v) is 6.18. The number of piperidine rings is 1. The zero-order chi connectivity index (χ0) is 19.7. The molecule has 2 atom stereocenters. The van der Waals surface area contributed by atoms with Crippen LogP contribution in [0.4, 0.5) is 0 Å². The van der Waals surface area contributed by atoms with Crippen LogP contribution in [-0.4, -0.2) is 33.9 Å². The summed E-state index contributed by atoms with van der Waals surface area (Å²) in [7, 11) is 0. The van der Waals surface area contributed by atoms with Crippen molar-refractivity contribution >= 4 is 40.1 Å². The van der Waals surface area contributed by atoms with Crippen molar-refractivity contribution in [2.45, 2.75) is 31.2 Å². The number of nitrogens with one attached hydrogen (secondary N) is 1. The van der Waals surface area contributed by atoms with Gasteiger partial charge in [-0.15, -0.1) is 0 Å². The second-order valence-corrected chi connectivity index (χ2v) is 8.06. The minimum absolute atomic E-state index is 0.0318. The number of carbonyl (C=O) groups is 1. The predicted molar refractivity (Wildman–Crippen MR) is 113 cm³/mol. The van der Waals surface area contributed by atoms with E-state index in [2.05, 4.69) is 4.98 Å². The fourth-order valence-corrected chi connectivity index (χ4v) is 4.27. The van der Waals surface area contributed by atoms with Crippen LogP contribution in [0.2, 0.25) is 10.0 Å². The predicted octanol–water partition coefficient (Wildman–Crippen LogP) is 4.67. The van der Waals surface area contributed by atoms with E-state index in [1.807, 2.05) is 35.2 Å². The maximum absolute atomic E-state index is 12.9. The Bertz CT molecular complexity index is 970. The number of aromatic amines is 1. The van der Waals surface area contributed by atoms with Crippen LogP contribution in [0.1, 0.15) is 42.6 Å². The van der Waals surface area contributed by atoms with E-state index in [9.17, 15) is 4.79 Å². The molecule has 3 N–H and O–H groups in total. The Morgan fingerprint density at radius 3 is 2.89 bits per heavy atom. The Kier molecular flexibility index (Phi) is 5.58. The molecule has 7 heteroatoms. The fourth-order valence-electron chi connectivity index (χ4n) is 3.83. The summed E-state index contributed by atoms with van der Waals surface area (Å²) >= 11 is 12.3. The molecule has 0 saturated carbocycles. The van der Waals surface area contributed by atoms with Gasteiger partial charge >= 0.3 is 0 Å². The van der Waals surface area contributed by atoms with Gasteiger partial charge in [-0.05, 0) is 36.6 Å². The van der Waals surface area contributed by atoms with Gasteiger partial charge in [-0.1, -0.05) is 47.5 Å². The van der Waals surface area contributed by atoms with Gasteiger partial charge in [0.25, 0.3) is 0 Å². The summed E-state index contributed by atoms with van der Waals surface area (Å²) in [5.74, 6) is 1.18. The van der Waals surface area contributed by atoms with Crippen molar-refractivity contribution in [1.29, 1.82) is 0 Å². The molecule has 3 aromatic rings. The number of imidazole rings is 1. The molecule has 1 aliphatic heterocycles. The lowest BCUT2D eigenvalue weighted by Crippen LogP contribution is -2.40. The lowest BCUT2D eigenvalue weighted by atomic mass is 9.96. The van der Waals surface area contributed by atoms with Gasteiger partial charge in [0.2, 0.25) is 5.91 Å². The molecule has 0 bridgehead atoms. The number of nitrogens with two attached hydrogens (primary N) is 1. The zero-order valence-corrected chi connectivity index (χ0v) is 16.9. The minimum Gasteiger partial charge on any atom is -0.342 e. The maximum atomic E-state index is 12.9. The Labute approximate surface area is 173 Å². The topological polar surface area (TPSA) is 75.0 Å². The first-order valence-corrected chi connectivity index (χ1v) is 10.2. The lowest BCUT2D eigenvalue weighted by molar-refractivity contribution is -0.132. The molecule has 1 aliphatic rings. The molecular formula is C21H22Cl2N4O. The van der Waals surface area contributed by atoms with E-state index in [1.54, 1.807) is 12.1 Å². The first-order chi connectivity index (χ1) is 13.5. The smallest absolute Gasteiger partial charge is 0.224 e. The number of carbonyl (C=O) groups excluding carboxylic acids is 1. The molecule has 2 heterocycles. The second-order valence-electron chi connectivity index (χ2n) is 7.27. The number of hydrogen-bond donors (Lipinski definition) is 2. The van der Waals surface area contributed by atoms with Crippen LogP contribution >= 0.6 is 23.2 Å². The van der Waals surface area contributed by atoms with Gasteiger partial charge in [0, 0.05) is 31.5 Å². The highest BCUT2D eigenvalue weighted by Gasteiger charge is 2.28. The summed E-state index contributed by atoms with van der Waals surface area (Å²) in [6.07, 6.45) is 2.16. The molecular weight excluding hydrogens is 395 g/mol. The molecule has 2 aromatic carbocycles. The van der Waals surface area contributed by atoms with Crippen molar-refractivity contribution in [2.75, 3.05) is 13.1 Å². The highest BCUT2D eigenvalue weighted by Crippen LogP contribution is 2.32. The molecule has 1 amide bonds. The molecule has 4 rings (SSSR count). The number of para-hydroxylation sites is 2. The molecule has 0 radical (unpaired) electrons. The molecule has 1 saturated heterocycles. The van der Waals surface area contributed by atoms with E-state index < -0.39 is 6.04 Å². The summed E-state index contributed by atoms with van der Waals surface area (Å²) in [5.41, 5.74) is 8.95. The largest absolute Gasteiger partial charge is 0.342 e. The SMILES string of the molecule is N[C@@H](CC(=O)N1CCCC(c2nc3ccccc3[nH]2)C1)c1cccc(Cl)c1Cl. The average Bonchev–Trinajstić information content (AvgIpc) is 3.14. The van der Waals surface area contributed by atoms with Gasteiger partial charge < -0.3 is 15.6 Å². The monoisotopic (exact) mass is 416 g/mol. The van der Waals surface area contributed by atoms with E-state index in [0.29, 0.717) is 22.2 Å². The van der Waals surface area contributed by atoms with Crippen molar-refractivity contribution in [3.05, 3.63) is 63.9 Å². The molecule has 1 unspecified atom stereocenters. The van der Waals surface area contributed by atoms with Crippen LogP contribution < -0.4 is 5.73 Å². The standard InChI is InChI=1S/C21H22Cl2N4O/c22-15-7-3-6-14(20(15)23)16(24)11-19(28)27-10-4-5-13(12-27)21-25-17-8-1-2-9-18(17)26-21/h1-3,6-9,13,16H,4-5,10-12,24H2,(H,25,26)/t13?,16-/m0/s1. The normalized spacial score (nSPS) is 18.4. The highest BCUT2D eigenvalue weighted by molar-refractivity contribution is 6.42. The third-order valence-electron chi connectivity index (χ3n) is 5.34. The number of fused-ring (bicyclic) bond motifs is 1. The number of benzene rings is 2. The highest BCUT2D eigenvalue weighted by atomic mass is 35.5. The van der Waals surface area contributed by atoms with Crippen molar-refractivity contribution in [3.63, 3.8) is 0 Å². The number of rotatable bonds is 4. The number of nitrogens with zero attached hydrogens (tertiary/aromatic N) is 2. The number of halogens is 2. The van der Waals surface area contributed by atoms with E-state index in [4.69, 9.17) is 33.9 Å². The van der Waals surface area contributed by atoms with Gasteiger partial charge in [0.05, 0.1) is 21.1 Å². The summed E-state index contributed by atoms with van der Waals surface area (Å²) < 4.78 is 0. The minimum atomic E-state index is -0.481. The molecule has 146 valence electrons. The number of aromatic nitrogens is 2. The Morgan fingerprint density at radius 1 is 1.25 bits per heavy atom. The molecule has 1 aromatic heterocycles. The van der Waals surface area contributed by atoms with Crippen LogP contribution in [0.15, 0.2) is 42.5 Å². The van der Waals surface area contributed by atoms with Crippen LogP contribution in [0.3, 0.4) is 0 Å². The summed E-state index contributed by atoms with van der Waals surface area (Å²) in [4.78, 5) is 22.9. The number of H-pyrrole nitrogens is 1.